The zero-order valence-corrected chi connectivity index (χ0v) is 17.9. The monoisotopic (exact) mass is 434 g/mol. The van der Waals surface area contributed by atoms with Crippen molar-refractivity contribution in [3.8, 4) is 0 Å². The Hall–Kier alpha value is -3.16. The SMILES string of the molecule is C=CC(=O)OCCCCCCCCCCOC(=O)c1c(C)ccc(C(=O)O)c1C(=O)O. The molecule has 0 spiro atoms. The Kier molecular flexibility index (Phi) is 11.6. The standard InChI is InChI=1S/C23H30O8/c1-3-18(24)30-14-10-8-6-4-5-7-9-11-15-31-23(29)19-16(2)12-13-17(21(25)26)20(19)22(27)28/h3,12-13H,1,4-11,14-15H2,2H3,(H,25,26)(H,27,28). The number of esters is 2. The summed E-state index contributed by atoms with van der Waals surface area (Å²) in [5.74, 6) is -4.11. The topological polar surface area (TPSA) is 127 Å². The molecule has 0 saturated carbocycles. The van der Waals surface area contributed by atoms with Crippen molar-refractivity contribution < 1.29 is 38.9 Å². The number of rotatable bonds is 15. The van der Waals surface area contributed by atoms with E-state index in [1.165, 1.54) is 19.1 Å². The fraction of sp³-hybridized carbons (Fsp3) is 0.478. The first kappa shape index (κ1) is 25.9. The molecule has 0 fully saturated rings. The fourth-order valence-electron chi connectivity index (χ4n) is 3.10. The summed E-state index contributed by atoms with van der Waals surface area (Å²) in [6, 6.07) is 2.57. The second-order valence-electron chi connectivity index (χ2n) is 7.13. The highest BCUT2D eigenvalue weighted by molar-refractivity contribution is 6.10. The number of carboxylic acids is 2. The van der Waals surface area contributed by atoms with Crippen LogP contribution in [0, 0.1) is 6.92 Å². The van der Waals surface area contributed by atoms with Crippen LogP contribution in [0.5, 0.6) is 0 Å². The molecule has 0 aliphatic rings. The number of carboxylic acid groups (broad SMARTS) is 2. The number of carbonyl (C=O) groups is 4. The Morgan fingerprint density at radius 2 is 1.32 bits per heavy atom. The molecule has 0 radical (unpaired) electrons. The van der Waals surface area contributed by atoms with Gasteiger partial charge in [0.2, 0.25) is 0 Å². The van der Waals surface area contributed by atoms with Crippen LogP contribution < -0.4 is 0 Å². The van der Waals surface area contributed by atoms with Gasteiger partial charge in [-0.15, -0.1) is 0 Å². The predicted molar refractivity (Wildman–Crippen MR) is 113 cm³/mol. The minimum atomic E-state index is -1.48. The van der Waals surface area contributed by atoms with Crippen LogP contribution in [0.3, 0.4) is 0 Å². The number of benzene rings is 1. The van der Waals surface area contributed by atoms with Crippen molar-refractivity contribution in [2.45, 2.75) is 58.3 Å². The van der Waals surface area contributed by atoms with E-state index in [2.05, 4.69) is 6.58 Å². The molecule has 31 heavy (non-hydrogen) atoms. The second-order valence-corrected chi connectivity index (χ2v) is 7.13. The molecule has 0 aromatic heterocycles. The number of carbonyl (C=O) groups excluding carboxylic acids is 2. The van der Waals surface area contributed by atoms with Gasteiger partial charge in [-0.2, -0.15) is 0 Å². The van der Waals surface area contributed by atoms with Crippen LogP contribution in [0.25, 0.3) is 0 Å². The maximum Gasteiger partial charge on any atom is 0.339 e. The highest BCUT2D eigenvalue weighted by Crippen LogP contribution is 2.21. The van der Waals surface area contributed by atoms with Crippen molar-refractivity contribution in [1.82, 2.24) is 0 Å². The van der Waals surface area contributed by atoms with E-state index in [4.69, 9.17) is 9.47 Å². The Bertz CT molecular complexity index is 797. The Balaban J connectivity index is 2.29. The van der Waals surface area contributed by atoms with Crippen molar-refractivity contribution >= 4 is 23.9 Å². The molecule has 0 unspecified atom stereocenters. The first-order valence-electron chi connectivity index (χ1n) is 10.4. The largest absolute Gasteiger partial charge is 0.478 e. The van der Waals surface area contributed by atoms with Crippen LogP contribution in [-0.4, -0.2) is 47.3 Å². The molecule has 1 rings (SSSR count). The number of aromatic carboxylic acids is 2. The summed E-state index contributed by atoms with van der Waals surface area (Å²) in [6.45, 7) is 5.43. The van der Waals surface area contributed by atoms with Gasteiger partial charge in [-0.1, -0.05) is 51.2 Å². The van der Waals surface area contributed by atoms with E-state index in [-0.39, 0.29) is 12.2 Å². The third-order valence-electron chi connectivity index (χ3n) is 4.74. The Morgan fingerprint density at radius 1 is 0.806 bits per heavy atom. The van der Waals surface area contributed by atoms with E-state index < -0.39 is 35.0 Å². The van der Waals surface area contributed by atoms with Crippen LogP contribution >= 0.6 is 0 Å². The molecule has 1 aromatic carbocycles. The van der Waals surface area contributed by atoms with Crippen LogP contribution in [0.4, 0.5) is 0 Å². The van der Waals surface area contributed by atoms with E-state index in [1.54, 1.807) is 0 Å². The molecular weight excluding hydrogens is 404 g/mol. The van der Waals surface area contributed by atoms with Crippen LogP contribution in [0.15, 0.2) is 24.8 Å². The maximum atomic E-state index is 12.4. The number of ether oxygens (including phenoxy) is 2. The minimum Gasteiger partial charge on any atom is -0.478 e. The predicted octanol–water partition coefficient (Wildman–Crippen LogP) is 4.40. The summed E-state index contributed by atoms with van der Waals surface area (Å²) < 4.78 is 10.1. The molecule has 8 nitrogen and oxygen atoms in total. The number of hydrogen-bond donors (Lipinski definition) is 2. The summed E-state index contributed by atoms with van der Waals surface area (Å²) >= 11 is 0. The van der Waals surface area contributed by atoms with Gasteiger partial charge in [0.05, 0.1) is 29.9 Å². The molecule has 0 heterocycles. The fourth-order valence-corrected chi connectivity index (χ4v) is 3.10. The van der Waals surface area contributed by atoms with Gasteiger partial charge in [-0.3, -0.25) is 0 Å². The van der Waals surface area contributed by atoms with Crippen LogP contribution in [-0.2, 0) is 14.3 Å². The van der Waals surface area contributed by atoms with Crippen molar-refractivity contribution in [1.29, 1.82) is 0 Å². The van der Waals surface area contributed by atoms with Crippen molar-refractivity contribution in [3.63, 3.8) is 0 Å². The highest BCUT2D eigenvalue weighted by atomic mass is 16.5. The van der Waals surface area contributed by atoms with E-state index in [0.717, 1.165) is 51.0 Å². The maximum absolute atomic E-state index is 12.4. The second kappa shape index (κ2) is 14.0. The molecule has 0 amide bonds. The third kappa shape index (κ3) is 9.02. The molecule has 1 aromatic rings. The average molecular weight is 434 g/mol. The van der Waals surface area contributed by atoms with Gasteiger partial charge in [0, 0.05) is 6.08 Å². The van der Waals surface area contributed by atoms with Gasteiger partial charge in [-0.25, -0.2) is 19.2 Å². The summed E-state index contributed by atoms with van der Waals surface area (Å²) in [5.41, 5.74) is -0.849. The molecule has 0 aliphatic carbocycles. The lowest BCUT2D eigenvalue weighted by atomic mass is 9.96. The van der Waals surface area contributed by atoms with Crippen molar-refractivity contribution in [2.75, 3.05) is 13.2 Å². The lowest BCUT2D eigenvalue weighted by Gasteiger charge is -2.12. The molecule has 8 heteroatoms. The molecule has 0 saturated heterocycles. The van der Waals surface area contributed by atoms with Gasteiger partial charge in [-0.05, 0) is 31.4 Å². The lowest BCUT2D eigenvalue weighted by Crippen LogP contribution is -2.18. The summed E-state index contributed by atoms with van der Waals surface area (Å²) in [5, 5.41) is 18.6. The molecule has 170 valence electrons. The molecule has 0 atom stereocenters. The molecule has 2 N–H and O–H groups in total. The van der Waals surface area contributed by atoms with Crippen LogP contribution in [0.1, 0.15) is 88.0 Å². The smallest absolute Gasteiger partial charge is 0.339 e. The summed E-state index contributed by atoms with van der Waals surface area (Å²) in [6.07, 6.45) is 8.62. The first-order chi connectivity index (χ1) is 14.8. The minimum absolute atomic E-state index is 0.142. The van der Waals surface area contributed by atoms with E-state index in [9.17, 15) is 29.4 Å². The van der Waals surface area contributed by atoms with Gasteiger partial charge in [0.1, 0.15) is 0 Å². The average Bonchev–Trinajstić information content (AvgIpc) is 2.73. The number of aryl methyl sites for hydroxylation is 1. The summed E-state index contributed by atoms with van der Waals surface area (Å²) in [4.78, 5) is 46.0. The highest BCUT2D eigenvalue weighted by Gasteiger charge is 2.26. The van der Waals surface area contributed by atoms with Gasteiger partial charge >= 0.3 is 23.9 Å². The number of hydrogen-bond acceptors (Lipinski definition) is 6. The Labute approximate surface area is 181 Å². The van der Waals surface area contributed by atoms with E-state index in [0.29, 0.717) is 18.6 Å². The third-order valence-corrected chi connectivity index (χ3v) is 4.74. The Morgan fingerprint density at radius 3 is 1.81 bits per heavy atom. The van der Waals surface area contributed by atoms with E-state index >= 15 is 0 Å². The zero-order valence-electron chi connectivity index (χ0n) is 17.9. The molecule has 0 bridgehead atoms. The summed E-state index contributed by atoms with van der Waals surface area (Å²) in [7, 11) is 0. The normalized spacial score (nSPS) is 10.4. The lowest BCUT2D eigenvalue weighted by molar-refractivity contribution is -0.137. The first-order valence-corrected chi connectivity index (χ1v) is 10.4. The van der Waals surface area contributed by atoms with Gasteiger partial charge in [0.25, 0.3) is 0 Å². The van der Waals surface area contributed by atoms with Gasteiger partial charge < -0.3 is 19.7 Å². The van der Waals surface area contributed by atoms with Crippen molar-refractivity contribution in [2.24, 2.45) is 0 Å². The molecular formula is C23H30O8. The quantitative estimate of drug-likeness (QED) is 0.236. The molecule has 0 aliphatic heterocycles. The van der Waals surface area contributed by atoms with Crippen molar-refractivity contribution in [3.05, 3.63) is 47.0 Å². The van der Waals surface area contributed by atoms with E-state index in [1.807, 2.05) is 0 Å². The zero-order chi connectivity index (χ0) is 23.2. The van der Waals surface area contributed by atoms with Gasteiger partial charge in [0.15, 0.2) is 0 Å². The number of unbranched alkanes of at least 4 members (excludes halogenated alkanes) is 7. The van der Waals surface area contributed by atoms with Crippen LogP contribution in [0.2, 0.25) is 0 Å².